The highest BCUT2D eigenvalue weighted by molar-refractivity contribution is 6.30. The van der Waals surface area contributed by atoms with Gasteiger partial charge in [-0.25, -0.2) is 0 Å². The van der Waals surface area contributed by atoms with Gasteiger partial charge in [0.05, 0.1) is 17.4 Å². The largest absolute Gasteiger partial charge is 0.390 e. The number of nitrogens with zero attached hydrogens (tertiary/aromatic N) is 2. The second-order valence-electron chi connectivity index (χ2n) is 6.40. The van der Waals surface area contributed by atoms with Crippen molar-refractivity contribution in [2.45, 2.75) is 64.6 Å². The topological polar surface area (TPSA) is 47.3 Å². The van der Waals surface area contributed by atoms with E-state index in [0.717, 1.165) is 30.5 Å². The van der Waals surface area contributed by atoms with Crippen LogP contribution in [-0.2, 0) is 18.2 Å². The summed E-state index contributed by atoms with van der Waals surface area (Å²) < 4.78 is 7.70. The van der Waals surface area contributed by atoms with Crippen molar-refractivity contribution in [3.05, 3.63) is 16.4 Å². The van der Waals surface area contributed by atoms with Crippen LogP contribution in [0.1, 0.15) is 50.8 Å². The van der Waals surface area contributed by atoms with Crippen molar-refractivity contribution < 1.29 is 9.84 Å². The van der Waals surface area contributed by atoms with Crippen LogP contribution in [0, 0.1) is 12.8 Å². The van der Waals surface area contributed by atoms with Crippen molar-refractivity contribution in [2.75, 3.05) is 6.61 Å². The second-order valence-corrected chi connectivity index (χ2v) is 6.76. The van der Waals surface area contributed by atoms with Crippen LogP contribution in [-0.4, -0.2) is 33.2 Å². The van der Waals surface area contributed by atoms with E-state index >= 15 is 0 Å². The lowest BCUT2D eigenvalue weighted by molar-refractivity contribution is -0.147. The molecule has 21 heavy (non-hydrogen) atoms. The van der Waals surface area contributed by atoms with Gasteiger partial charge in [-0.05, 0) is 32.6 Å². The van der Waals surface area contributed by atoms with Crippen LogP contribution < -0.4 is 0 Å². The second kappa shape index (κ2) is 6.67. The lowest BCUT2D eigenvalue weighted by atomic mass is 9.74. The number of aliphatic hydroxyl groups is 1. The van der Waals surface area contributed by atoms with Crippen molar-refractivity contribution in [1.29, 1.82) is 0 Å². The molecular weight excluding hydrogens is 288 g/mol. The first-order chi connectivity index (χ1) is 9.89. The summed E-state index contributed by atoms with van der Waals surface area (Å²) in [6.07, 6.45) is 4.13. The van der Waals surface area contributed by atoms with Crippen molar-refractivity contribution in [1.82, 2.24) is 9.78 Å². The van der Waals surface area contributed by atoms with E-state index in [-0.39, 0.29) is 0 Å². The van der Waals surface area contributed by atoms with E-state index in [9.17, 15) is 5.11 Å². The summed E-state index contributed by atoms with van der Waals surface area (Å²) in [6, 6.07) is 0. The fourth-order valence-corrected chi connectivity index (χ4v) is 3.90. The molecule has 0 radical (unpaired) electrons. The van der Waals surface area contributed by atoms with Gasteiger partial charge in [-0.2, -0.15) is 5.10 Å². The minimum atomic E-state index is -0.541. The fraction of sp³-hybridized carbons (Fsp3) is 0.812. The summed E-state index contributed by atoms with van der Waals surface area (Å²) in [4.78, 5) is 0. The zero-order valence-corrected chi connectivity index (χ0v) is 14.3. The minimum Gasteiger partial charge on any atom is -0.390 e. The Hall–Kier alpha value is -0.580. The molecule has 120 valence electrons. The predicted octanol–water partition coefficient (Wildman–Crippen LogP) is 3.27. The number of halogens is 1. The highest BCUT2D eigenvalue weighted by atomic mass is 35.5. The molecule has 1 aromatic rings. The molecule has 0 amide bonds. The monoisotopic (exact) mass is 314 g/mol. The number of aliphatic hydroxyl groups excluding tert-OH is 1. The molecule has 0 aliphatic heterocycles. The van der Waals surface area contributed by atoms with Crippen LogP contribution in [0.4, 0.5) is 0 Å². The quantitative estimate of drug-likeness (QED) is 0.907. The maximum atomic E-state index is 10.9. The summed E-state index contributed by atoms with van der Waals surface area (Å²) in [7, 11) is 1.83. The van der Waals surface area contributed by atoms with Crippen molar-refractivity contribution in [3.8, 4) is 0 Å². The van der Waals surface area contributed by atoms with E-state index in [1.807, 2.05) is 20.9 Å². The summed E-state index contributed by atoms with van der Waals surface area (Å²) in [5.74, 6) is 0.588. The molecule has 1 aromatic heterocycles. The van der Waals surface area contributed by atoms with Gasteiger partial charge in [-0.3, -0.25) is 4.68 Å². The molecule has 1 saturated carbocycles. The molecule has 0 spiro atoms. The Morgan fingerprint density at radius 2 is 2.29 bits per heavy atom. The Kier molecular flexibility index (Phi) is 5.33. The van der Waals surface area contributed by atoms with E-state index in [4.69, 9.17) is 16.3 Å². The van der Waals surface area contributed by atoms with E-state index in [1.165, 1.54) is 6.42 Å². The van der Waals surface area contributed by atoms with Gasteiger partial charge in [-0.15, -0.1) is 0 Å². The summed E-state index contributed by atoms with van der Waals surface area (Å²) in [6.45, 7) is 6.80. The summed E-state index contributed by atoms with van der Waals surface area (Å²) >= 11 is 6.30. The van der Waals surface area contributed by atoms with E-state index in [2.05, 4.69) is 12.0 Å². The molecule has 1 fully saturated rings. The van der Waals surface area contributed by atoms with Gasteiger partial charge in [0.2, 0.25) is 0 Å². The Morgan fingerprint density at radius 3 is 2.81 bits per heavy atom. The Bertz CT molecular complexity index is 485. The van der Waals surface area contributed by atoms with Gasteiger partial charge in [0.1, 0.15) is 5.15 Å². The summed E-state index contributed by atoms with van der Waals surface area (Å²) in [5, 5.41) is 15.8. The number of aryl methyl sites for hydroxylation is 2. The lowest BCUT2D eigenvalue weighted by Gasteiger charge is -2.43. The number of rotatable bonds is 5. The average Bonchev–Trinajstić information content (AvgIpc) is 2.65. The van der Waals surface area contributed by atoms with Crippen LogP contribution in [0.5, 0.6) is 0 Å². The maximum absolute atomic E-state index is 10.9. The fourth-order valence-electron chi connectivity index (χ4n) is 3.65. The Morgan fingerprint density at radius 1 is 1.57 bits per heavy atom. The zero-order chi connectivity index (χ0) is 15.6. The molecule has 1 N–H and O–H groups in total. The highest BCUT2D eigenvalue weighted by Gasteiger charge is 2.42. The molecule has 3 unspecified atom stereocenters. The van der Waals surface area contributed by atoms with Crippen LogP contribution in [0.25, 0.3) is 0 Å². The van der Waals surface area contributed by atoms with Gasteiger partial charge in [-0.1, -0.05) is 31.4 Å². The first-order valence-electron chi connectivity index (χ1n) is 7.89. The van der Waals surface area contributed by atoms with Gasteiger partial charge >= 0.3 is 0 Å². The number of hydrogen-bond acceptors (Lipinski definition) is 3. The molecule has 5 heteroatoms. The van der Waals surface area contributed by atoms with E-state index in [0.29, 0.717) is 24.1 Å². The van der Waals surface area contributed by atoms with E-state index < -0.39 is 11.7 Å². The lowest BCUT2D eigenvalue weighted by Crippen LogP contribution is -2.49. The molecule has 1 aliphatic carbocycles. The molecular formula is C16H27ClN2O2. The van der Waals surface area contributed by atoms with Gasteiger partial charge in [0.25, 0.3) is 0 Å². The highest BCUT2D eigenvalue weighted by Crippen LogP contribution is 2.39. The Labute approximate surface area is 132 Å². The number of ether oxygens (including phenoxy) is 1. The van der Waals surface area contributed by atoms with Crippen molar-refractivity contribution in [3.63, 3.8) is 0 Å². The number of aromatic nitrogens is 2. The number of hydrogen-bond donors (Lipinski definition) is 1. The first-order valence-corrected chi connectivity index (χ1v) is 8.27. The third kappa shape index (κ3) is 3.43. The molecule has 0 bridgehead atoms. The third-order valence-corrected chi connectivity index (χ3v) is 5.17. The van der Waals surface area contributed by atoms with Crippen LogP contribution in [0.15, 0.2) is 0 Å². The zero-order valence-electron chi connectivity index (χ0n) is 13.5. The smallest absolute Gasteiger partial charge is 0.130 e. The predicted molar refractivity (Wildman–Crippen MR) is 84.7 cm³/mol. The average molecular weight is 315 g/mol. The molecule has 2 rings (SSSR count). The van der Waals surface area contributed by atoms with Crippen LogP contribution in [0.2, 0.25) is 5.15 Å². The third-order valence-electron chi connectivity index (χ3n) is 4.70. The SMILES string of the molecule is CCOC1(C(O)Cc2c(C)nn(C)c2Cl)CCCC(C)C1. The molecule has 1 aliphatic rings. The van der Waals surface area contributed by atoms with Gasteiger partial charge in [0.15, 0.2) is 0 Å². The van der Waals surface area contributed by atoms with Crippen molar-refractivity contribution in [2.24, 2.45) is 13.0 Å². The molecule has 0 aromatic carbocycles. The van der Waals surface area contributed by atoms with Gasteiger partial charge in [0, 0.05) is 25.6 Å². The Balaban J connectivity index is 2.20. The van der Waals surface area contributed by atoms with E-state index in [1.54, 1.807) is 4.68 Å². The minimum absolute atomic E-state index is 0.433. The molecule has 4 nitrogen and oxygen atoms in total. The van der Waals surface area contributed by atoms with Crippen molar-refractivity contribution >= 4 is 11.6 Å². The molecule has 1 heterocycles. The summed E-state index contributed by atoms with van der Waals surface area (Å²) in [5.41, 5.74) is 1.39. The first kappa shape index (κ1) is 16.8. The normalized spacial score (nSPS) is 27.8. The van der Waals surface area contributed by atoms with Crippen LogP contribution >= 0.6 is 11.6 Å². The maximum Gasteiger partial charge on any atom is 0.130 e. The molecule has 3 atom stereocenters. The van der Waals surface area contributed by atoms with Gasteiger partial charge < -0.3 is 9.84 Å². The molecule has 0 saturated heterocycles. The standard InChI is InChI=1S/C16H27ClN2O2/c1-5-21-16(8-6-7-11(2)10-16)14(20)9-13-12(3)18-19(4)15(13)17/h11,14,20H,5-10H2,1-4H3. The van der Waals surface area contributed by atoms with Crippen LogP contribution in [0.3, 0.4) is 0 Å².